The molecule has 2 rings (SSSR count). The van der Waals surface area contributed by atoms with Crippen LogP contribution in [-0.2, 0) is 9.84 Å². The molecule has 1 fully saturated rings. The van der Waals surface area contributed by atoms with Crippen molar-refractivity contribution in [1.82, 2.24) is 5.32 Å². The molecule has 0 saturated carbocycles. The first-order valence-corrected chi connectivity index (χ1v) is 6.59. The third kappa shape index (κ3) is 2.08. The minimum absolute atomic E-state index is 0.0194. The van der Waals surface area contributed by atoms with E-state index in [0.29, 0.717) is 12.6 Å². The predicted molar refractivity (Wildman–Crippen MR) is 55.8 cm³/mol. The third-order valence-corrected chi connectivity index (χ3v) is 4.70. The fraction of sp³-hybridized carbons (Fsp3) is 0.400. The van der Waals surface area contributed by atoms with E-state index in [1.54, 1.807) is 0 Å². The Balaban J connectivity index is 2.43. The van der Waals surface area contributed by atoms with E-state index in [9.17, 15) is 17.2 Å². The van der Waals surface area contributed by atoms with Gasteiger partial charge in [0.15, 0.2) is 9.84 Å². The molecule has 3 nitrogen and oxygen atoms in total. The highest BCUT2D eigenvalue weighted by atomic mass is 32.2. The van der Waals surface area contributed by atoms with E-state index in [4.69, 9.17) is 0 Å². The molecule has 0 aliphatic carbocycles. The molecule has 1 aliphatic heterocycles. The maximum Gasteiger partial charge on any atom is 0.159 e. The third-order valence-electron chi connectivity index (χ3n) is 2.64. The van der Waals surface area contributed by atoms with E-state index in [-0.39, 0.29) is 17.9 Å². The van der Waals surface area contributed by atoms with Gasteiger partial charge in [0.2, 0.25) is 0 Å². The number of halogens is 2. The van der Waals surface area contributed by atoms with Crippen LogP contribution in [0.4, 0.5) is 8.78 Å². The van der Waals surface area contributed by atoms with Gasteiger partial charge >= 0.3 is 0 Å². The lowest BCUT2D eigenvalue weighted by Gasteiger charge is -2.23. The normalized spacial score (nSPS) is 24.2. The molecular formula is C10H11F2NO2S. The Labute approximate surface area is 92.4 Å². The topological polar surface area (TPSA) is 46.2 Å². The molecule has 88 valence electrons. The van der Waals surface area contributed by atoms with Crippen molar-refractivity contribution in [2.24, 2.45) is 0 Å². The van der Waals surface area contributed by atoms with E-state index < -0.39 is 26.7 Å². The van der Waals surface area contributed by atoms with Gasteiger partial charge in [-0.15, -0.1) is 0 Å². The molecule has 1 aromatic rings. The first kappa shape index (κ1) is 11.5. The molecule has 0 bridgehead atoms. The Kier molecular flexibility index (Phi) is 2.94. The summed E-state index contributed by atoms with van der Waals surface area (Å²) in [6, 6.07) is 2.97. The summed E-state index contributed by atoms with van der Waals surface area (Å²) >= 11 is 0. The highest BCUT2D eigenvalue weighted by molar-refractivity contribution is 7.91. The van der Waals surface area contributed by atoms with Crippen LogP contribution in [-0.4, -0.2) is 27.3 Å². The Bertz CT molecular complexity index is 502. The summed E-state index contributed by atoms with van der Waals surface area (Å²) in [5, 5.41) is 1.98. The van der Waals surface area contributed by atoms with Crippen LogP contribution in [0.1, 0.15) is 10.8 Å². The van der Waals surface area contributed by atoms with Gasteiger partial charge in [-0.3, -0.25) is 0 Å². The Morgan fingerprint density at radius 2 is 2.06 bits per heavy atom. The van der Waals surface area contributed by atoms with Crippen molar-refractivity contribution in [2.45, 2.75) is 5.25 Å². The van der Waals surface area contributed by atoms with Gasteiger partial charge < -0.3 is 5.32 Å². The van der Waals surface area contributed by atoms with Crippen LogP contribution in [0.15, 0.2) is 18.2 Å². The minimum Gasteiger partial charge on any atom is -0.314 e. The second kappa shape index (κ2) is 4.10. The molecule has 1 unspecified atom stereocenters. The van der Waals surface area contributed by atoms with Crippen LogP contribution in [0, 0.1) is 11.6 Å². The smallest absolute Gasteiger partial charge is 0.159 e. The maximum absolute atomic E-state index is 13.4. The second-order valence-corrected chi connectivity index (χ2v) is 6.03. The number of rotatable bonds is 1. The van der Waals surface area contributed by atoms with Crippen molar-refractivity contribution in [3.05, 3.63) is 35.4 Å². The molecule has 1 N–H and O–H groups in total. The standard InChI is InChI=1S/C10H11F2NO2S/c11-7-1-2-8(9(12)5-7)10-6-13-3-4-16(10,14)15/h1-2,5,10,13H,3-4,6H2. The van der Waals surface area contributed by atoms with Crippen LogP contribution in [0.2, 0.25) is 0 Å². The maximum atomic E-state index is 13.4. The van der Waals surface area contributed by atoms with Crippen molar-refractivity contribution < 1.29 is 17.2 Å². The van der Waals surface area contributed by atoms with Crippen molar-refractivity contribution >= 4 is 9.84 Å². The Morgan fingerprint density at radius 3 is 2.69 bits per heavy atom. The van der Waals surface area contributed by atoms with E-state index in [1.165, 1.54) is 6.07 Å². The zero-order valence-electron chi connectivity index (χ0n) is 8.41. The summed E-state index contributed by atoms with van der Waals surface area (Å²) in [5.74, 6) is -1.53. The molecule has 0 aromatic heterocycles. The Morgan fingerprint density at radius 1 is 1.31 bits per heavy atom. The quantitative estimate of drug-likeness (QED) is 0.806. The van der Waals surface area contributed by atoms with Crippen molar-refractivity contribution in [1.29, 1.82) is 0 Å². The number of nitrogens with one attached hydrogen (secondary N) is 1. The van der Waals surface area contributed by atoms with Crippen molar-refractivity contribution in [2.75, 3.05) is 18.8 Å². The molecule has 1 heterocycles. The number of benzene rings is 1. The lowest BCUT2D eigenvalue weighted by atomic mass is 10.1. The first-order chi connectivity index (χ1) is 7.50. The molecule has 1 saturated heterocycles. The summed E-state index contributed by atoms with van der Waals surface area (Å²) < 4.78 is 49.6. The Hall–Kier alpha value is -1.01. The van der Waals surface area contributed by atoms with Crippen LogP contribution in [0.3, 0.4) is 0 Å². The van der Waals surface area contributed by atoms with Crippen molar-refractivity contribution in [3.63, 3.8) is 0 Å². The van der Waals surface area contributed by atoms with Gasteiger partial charge in [0.05, 0.1) is 5.75 Å². The zero-order valence-corrected chi connectivity index (χ0v) is 9.23. The van der Waals surface area contributed by atoms with Crippen LogP contribution in [0.5, 0.6) is 0 Å². The molecule has 1 aliphatic rings. The molecule has 0 radical (unpaired) electrons. The van der Waals surface area contributed by atoms with Gasteiger partial charge in [0.1, 0.15) is 16.9 Å². The van der Waals surface area contributed by atoms with E-state index in [0.717, 1.165) is 6.07 Å². The molecule has 6 heteroatoms. The number of sulfone groups is 1. The second-order valence-electron chi connectivity index (χ2n) is 3.73. The van der Waals surface area contributed by atoms with Crippen LogP contribution < -0.4 is 5.32 Å². The predicted octanol–water partition coefficient (Wildman–Crippen LogP) is 1.02. The highest BCUT2D eigenvalue weighted by Crippen LogP contribution is 2.27. The van der Waals surface area contributed by atoms with Crippen LogP contribution >= 0.6 is 0 Å². The van der Waals surface area contributed by atoms with Gasteiger partial charge in [-0.1, -0.05) is 6.07 Å². The summed E-state index contributed by atoms with van der Waals surface area (Å²) in [4.78, 5) is 0. The molecule has 0 spiro atoms. The fourth-order valence-electron chi connectivity index (χ4n) is 1.78. The first-order valence-electron chi connectivity index (χ1n) is 4.88. The lowest BCUT2D eigenvalue weighted by molar-refractivity contribution is 0.530. The molecular weight excluding hydrogens is 236 g/mol. The molecule has 1 aromatic carbocycles. The lowest BCUT2D eigenvalue weighted by Crippen LogP contribution is -2.39. The average Bonchev–Trinajstić information content (AvgIpc) is 2.19. The summed E-state index contributed by atoms with van der Waals surface area (Å²) in [7, 11) is -3.34. The largest absolute Gasteiger partial charge is 0.314 e. The van der Waals surface area contributed by atoms with Gasteiger partial charge in [-0.2, -0.15) is 0 Å². The number of hydrogen-bond donors (Lipinski definition) is 1. The van der Waals surface area contributed by atoms with E-state index >= 15 is 0 Å². The summed E-state index contributed by atoms with van der Waals surface area (Å²) in [5.41, 5.74) is 0.0357. The summed E-state index contributed by atoms with van der Waals surface area (Å²) in [6.07, 6.45) is 0. The molecule has 16 heavy (non-hydrogen) atoms. The monoisotopic (exact) mass is 247 g/mol. The average molecular weight is 247 g/mol. The molecule has 0 amide bonds. The SMILES string of the molecule is O=S1(=O)CCNCC1c1ccc(F)cc1F. The zero-order chi connectivity index (χ0) is 11.8. The van der Waals surface area contributed by atoms with Crippen molar-refractivity contribution in [3.8, 4) is 0 Å². The van der Waals surface area contributed by atoms with Crippen LogP contribution in [0.25, 0.3) is 0 Å². The van der Waals surface area contributed by atoms with Gasteiger partial charge in [-0.25, -0.2) is 17.2 Å². The molecule has 1 atom stereocenters. The highest BCUT2D eigenvalue weighted by Gasteiger charge is 2.32. The van der Waals surface area contributed by atoms with E-state index in [2.05, 4.69) is 5.32 Å². The number of hydrogen-bond acceptors (Lipinski definition) is 3. The van der Waals surface area contributed by atoms with Gasteiger partial charge in [0.25, 0.3) is 0 Å². The van der Waals surface area contributed by atoms with Gasteiger partial charge in [0, 0.05) is 24.7 Å². The van der Waals surface area contributed by atoms with Gasteiger partial charge in [-0.05, 0) is 6.07 Å². The summed E-state index contributed by atoms with van der Waals surface area (Å²) in [6.45, 7) is 0.548. The van der Waals surface area contributed by atoms with E-state index in [1.807, 2.05) is 0 Å². The minimum atomic E-state index is -3.34. The fourth-order valence-corrected chi connectivity index (χ4v) is 3.45.